The zero-order chi connectivity index (χ0) is 16.9. The predicted molar refractivity (Wildman–Crippen MR) is 98.9 cm³/mol. The van der Waals surface area contributed by atoms with Gasteiger partial charge in [0.25, 0.3) is 5.24 Å². The monoisotopic (exact) mass is 403 g/mol. The van der Waals surface area contributed by atoms with Gasteiger partial charge >= 0.3 is 5.97 Å². The summed E-state index contributed by atoms with van der Waals surface area (Å²) in [5.74, 6) is 0.167. The van der Waals surface area contributed by atoms with E-state index < -0.39 is 0 Å². The van der Waals surface area contributed by atoms with Crippen LogP contribution in [-0.2, 0) is 11.2 Å². The van der Waals surface area contributed by atoms with Crippen molar-refractivity contribution in [1.29, 1.82) is 0 Å². The SMILES string of the molecule is O=C(Cc1ccccc1)Oc1ccc(/C=C2/CNC(=O)S2)cc1Br. The molecule has 1 amide bonds. The summed E-state index contributed by atoms with van der Waals surface area (Å²) < 4.78 is 6.11. The quantitative estimate of drug-likeness (QED) is 0.607. The molecule has 0 bridgehead atoms. The summed E-state index contributed by atoms with van der Waals surface area (Å²) in [5, 5.41) is 2.70. The lowest BCUT2D eigenvalue weighted by Crippen LogP contribution is -2.11. The second-order valence-corrected chi connectivity index (χ2v) is 7.13. The van der Waals surface area contributed by atoms with E-state index in [0.29, 0.717) is 16.8 Å². The first-order chi connectivity index (χ1) is 11.6. The topological polar surface area (TPSA) is 55.4 Å². The van der Waals surface area contributed by atoms with Crippen molar-refractivity contribution in [3.63, 3.8) is 0 Å². The molecule has 1 aliphatic heterocycles. The Morgan fingerprint density at radius 1 is 1.25 bits per heavy atom. The maximum absolute atomic E-state index is 12.0. The minimum Gasteiger partial charge on any atom is -0.425 e. The molecule has 1 aliphatic rings. The van der Waals surface area contributed by atoms with Gasteiger partial charge in [-0.2, -0.15) is 0 Å². The number of benzene rings is 2. The molecule has 3 rings (SSSR count). The molecule has 1 heterocycles. The molecule has 2 aromatic rings. The molecule has 24 heavy (non-hydrogen) atoms. The van der Waals surface area contributed by atoms with Crippen LogP contribution in [0.15, 0.2) is 57.9 Å². The van der Waals surface area contributed by atoms with E-state index in [2.05, 4.69) is 21.2 Å². The van der Waals surface area contributed by atoms with E-state index in [1.165, 1.54) is 11.8 Å². The summed E-state index contributed by atoms with van der Waals surface area (Å²) in [6.45, 7) is 0.551. The molecular weight excluding hydrogens is 390 g/mol. The van der Waals surface area contributed by atoms with E-state index >= 15 is 0 Å². The first-order valence-corrected chi connectivity index (χ1v) is 8.91. The van der Waals surface area contributed by atoms with Crippen LogP contribution in [-0.4, -0.2) is 17.8 Å². The van der Waals surface area contributed by atoms with E-state index in [9.17, 15) is 9.59 Å². The fraction of sp³-hybridized carbons (Fsp3) is 0.111. The summed E-state index contributed by atoms with van der Waals surface area (Å²) in [7, 11) is 0. The fourth-order valence-electron chi connectivity index (χ4n) is 2.23. The third kappa shape index (κ3) is 4.49. The van der Waals surface area contributed by atoms with Crippen LogP contribution in [0.3, 0.4) is 0 Å². The fourth-order valence-corrected chi connectivity index (χ4v) is 3.43. The first kappa shape index (κ1) is 16.8. The van der Waals surface area contributed by atoms with Crippen LogP contribution >= 0.6 is 27.7 Å². The third-order valence-corrected chi connectivity index (χ3v) is 4.80. The van der Waals surface area contributed by atoms with Gasteiger partial charge in [0.15, 0.2) is 0 Å². The molecule has 0 atom stereocenters. The number of rotatable bonds is 4. The van der Waals surface area contributed by atoms with Crippen molar-refractivity contribution in [2.45, 2.75) is 6.42 Å². The van der Waals surface area contributed by atoms with Crippen LogP contribution < -0.4 is 10.1 Å². The Morgan fingerprint density at radius 2 is 2.04 bits per heavy atom. The summed E-state index contributed by atoms with van der Waals surface area (Å²) >= 11 is 4.62. The zero-order valence-electron chi connectivity index (χ0n) is 12.6. The molecule has 122 valence electrons. The molecule has 1 N–H and O–H groups in total. The van der Waals surface area contributed by atoms with E-state index in [0.717, 1.165) is 16.0 Å². The molecule has 0 radical (unpaired) electrons. The summed E-state index contributed by atoms with van der Waals surface area (Å²) in [6, 6.07) is 14.9. The van der Waals surface area contributed by atoms with E-state index in [1.807, 2.05) is 48.5 Å². The average Bonchev–Trinajstić information content (AvgIpc) is 2.96. The maximum Gasteiger partial charge on any atom is 0.315 e. The first-order valence-electron chi connectivity index (χ1n) is 7.30. The summed E-state index contributed by atoms with van der Waals surface area (Å²) in [4.78, 5) is 24.2. The molecule has 0 spiro atoms. The molecule has 0 unspecified atom stereocenters. The van der Waals surface area contributed by atoms with Crippen molar-refractivity contribution >= 4 is 45.0 Å². The molecule has 0 aromatic heterocycles. The van der Waals surface area contributed by atoms with Crippen LogP contribution in [0.4, 0.5) is 4.79 Å². The normalized spacial score (nSPS) is 15.4. The highest BCUT2D eigenvalue weighted by molar-refractivity contribution is 9.10. The Labute approximate surface area is 152 Å². The van der Waals surface area contributed by atoms with Gasteiger partial charge in [0.2, 0.25) is 0 Å². The maximum atomic E-state index is 12.0. The Kier molecular flexibility index (Phi) is 5.37. The molecule has 0 aliphatic carbocycles. The second-order valence-electron chi connectivity index (χ2n) is 5.18. The van der Waals surface area contributed by atoms with Crippen LogP contribution in [0.5, 0.6) is 5.75 Å². The van der Waals surface area contributed by atoms with Gasteiger partial charge in [-0.1, -0.05) is 36.4 Å². The number of nitrogens with one attached hydrogen (secondary N) is 1. The van der Waals surface area contributed by atoms with Crippen molar-refractivity contribution in [1.82, 2.24) is 5.32 Å². The van der Waals surface area contributed by atoms with Crippen LogP contribution in [0.25, 0.3) is 6.08 Å². The van der Waals surface area contributed by atoms with E-state index in [1.54, 1.807) is 6.07 Å². The summed E-state index contributed by atoms with van der Waals surface area (Å²) in [6.07, 6.45) is 2.16. The van der Waals surface area contributed by atoms with Gasteiger partial charge in [0.1, 0.15) is 5.75 Å². The minimum absolute atomic E-state index is 0.0354. The number of hydrogen-bond acceptors (Lipinski definition) is 4. The summed E-state index contributed by atoms with van der Waals surface area (Å²) in [5.41, 5.74) is 1.85. The number of carbonyl (C=O) groups excluding carboxylic acids is 2. The number of amides is 1. The van der Waals surface area contributed by atoms with Crippen LogP contribution in [0.2, 0.25) is 0 Å². The average molecular weight is 404 g/mol. The number of hydrogen-bond donors (Lipinski definition) is 1. The lowest BCUT2D eigenvalue weighted by Gasteiger charge is -2.07. The standard InChI is InChI=1S/C18H14BrNO3S/c19-15-9-13(8-14-11-20-18(22)24-14)6-7-16(15)23-17(21)10-12-4-2-1-3-5-12/h1-9H,10-11H2,(H,20,22)/b14-8-. The zero-order valence-corrected chi connectivity index (χ0v) is 15.0. The Hall–Kier alpha value is -2.05. The Bertz CT molecular complexity index is 805. The Morgan fingerprint density at radius 3 is 2.71 bits per heavy atom. The number of halogens is 1. The molecule has 1 saturated heterocycles. The lowest BCUT2D eigenvalue weighted by molar-refractivity contribution is -0.133. The van der Waals surface area contributed by atoms with E-state index in [4.69, 9.17) is 4.74 Å². The molecule has 4 nitrogen and oxygen atoms in total. The number of thioether (sulfide) groups is 1. The van der Waals surface area contributed by atoms with Crippen LogP contribution in [0, 0.1) is 0 Å². The smallest absolute Gasteiger partial charge is 0.315 e. The van der Waals surface area contributed by atoms with Crippen molar-refractivity contribution in [3.8, 4) is 5.75 Å². The van der Waals surface area contributed by atoms with Gasteiger partial charge < -0.3 is 10.1 Å². The molecular formula is C18H14BrNO3S. The van der Waals surface area contributed by atoms with Crippen molar-refractivity contribution in [2.75, 3.05) is 6.54 Å². The molecule has 6 heteroatoms. The number of carbonyl (C=O) groups is 2. The third-order valence-electron chi connectivity index (χ3n) is 3.33. The largest absolute Gasteiger partial charge is 0.425 e. The van der Waals surface area contributed by atoms with Gasteiger partial charge in [0.05, 0.1) is 17.4 Å². The predicted octanol–water partition coefficient (Wildman–Crippen LogP) is 4.39. The van der Waals surface area contributed by atoms with Gasteiger partial charge in [-0.05, 0) is 57.0 Å². The van der Waals surface area contributed by atoms with Gasteiger partial charge in [0, 0.05) is 4.91 Å². The van der Waals surface area contributed by atoms with Crippen molar-refractivity contribution < 1.29 is 14.3 Å². The second kappa shape index (κ2) is 7.68. The van der Waals surface area contributed by atoms with Crippen molar-refractivity contribution in [3.05, 3.63) is 69.0 Å². The van der Waals surface area contributed by atoms with Gasteiger partial charge in [-0.25, -0.2) is 0 Å². The van der Waals surface area contributed by atoms with Gasteiger partial charge in [-0.15, -0.1) is 0 Å². The highest BCUT2D eigenvalue weighted by Crippen LogP contribution is 2.29. The van der Waals surface area contributed by atoms with Crippen molar-refractivity contribution in [2.24, 2.45) is 0 Å². The minimum atomic E-state index is -0.311. The molecule has 0 saturated carbocycles. The molecule has 2 aromatic carbocycles. The Balaban J connectivity index is 1.66. The number of ether oxygens (including phenoxy) is 1. The van der Waals surface area contributed by atoms with E-state index in [-0.39, 0.29) is 17.6 Å². The number of esters is 1. The van der Waals surface area contributed by atoms with Gasteiger partial charge in [-0.3, -0.25) is 9.59 Å². The van der Waals surface area contributed by atoms with Crippen LogP contribution in [0.1, 0.15) is 11.1 Å². The lowest BCUT2D eigenvalue weighted by atomic mass is 10.1. The highest BCUT2D eigenvalue weighted by Gasteiger charge is 2.15. The molecule has 1 fully saturated rings. The highest BCUT2D eigenvalue weighted by atomic mass is 79.9.